The highest BCUT2D eigenvalue weighted by Crippen LogP contribution is 2.38. The summed E-state index contributed by atoms with van der Waals surface area (Å²) in [5.41, 5.74) is 1.81. The Bertz CT molecular complexity index is 990. The second-order valence-corrected chi connectivity index (χ2v) is 8.47. The molecule has 2 aromatic rings. The maximum Gasteiger partial charge on any atom is 0.338 e. The van der Waals surface area contributed by atoms with Crippen molar-refractivity contribution in [2.45, 2.75) is 33.1 Å². The van der Waals surface area contributed by atoms with Crippen LogP contribution >= 0.6 is 11.3 Å². The summed E-state index contributed by atoms with van der Waals surface area (Å²) in [4.78, 5) is 25.7. The van der Waals surface area contributed by atoms with Crippen LogP contribution < -0.4 is 14.8 Å². The summed E-state index contributed by atoms with van der Waals surface area (Å²) in [6.07, 6.45) is 2.82. The molecular weight excluding hydrogens is 404 g/mol. The lowest BCUT2D eigenvalue weighted by Crippen LogP contribution is -2.21. The zero-order valence-electron chi connectivity index (χ0n) is 17.2. The highest BCUT2D eigenvalue weighted by molar-refractivity contribution is 7.16. The quantitative estimate of drug-likeness (QED) is 0.640. The Balaban J connectivity index is 1.59. The number of methoxy groups -OCH3 is 1. The number of amides is 1. The third-order valence-corrected chi connectivity index (χ3v) is 5.80. The van der Waals surface area contributed by atoms with Gasteiger partial charge in [0.1, 0.15) is 11.1 Å². The van der Waals surface area contributed by atoms with E-state index in [-0.39, 0.29) is 5.56 Å². The van der Waals surface area contributed by atoms with Crippen LogP contribution in [0.3, 0.4) is 0 Å². The van der Waals surface area contributed by atoms with Gasteiger partial charge in [0.2, 0.25) is 0 Å². The normalized spacial score (nSPS) is 12.2. The molecule has 1 aromatic heterocycles. The van der Waals surface area contributed by atoms with Gasteiger partial charge in [0.15, 0.2) is 18.1 Å². The molecule has 8 heteroatoms. The lowest BCUT2D eigenvalue weighted by atomic mass is 10.1. The minimum atomic E-state index is -0.645. The summed E-state index contributed by atoms with van der Waals surface area (Å²) >= 11 is 1.42. The van der Waals surface area contributed by atoms with Crippen LogP contribution in [0.15, 0.2) is 18.2 Å². The molecule has 0 saturated heterocycles. The zero-order chi connectivity index (χ0) is 21.7. The standard InChI is InChI=1S/C22H24N2O5S/c1-13(2)11-28-17-8-7-14(9-18(17)27-3)22(26)29-12-20(25)24-21-16(10-23)15-5-4-6-19(15)30-21/h7-9,13H,4-6,11-12H2,1-3H3,(H,24,25). The predicted octanol–water partition coefficient (Wildman–Crippen LogP) is 3.95. The minimum Gasteiger partial charge on any atom is -0.493 e. The predicted molar refractivity (Wildman–Crippen MR) is 113 cm³/mol. The number of carbonyl (C=O) groups excluding carboxylic acids is 2. The van der Waals surface area contributed by atoms with E-state index in [2.05, 4.69) is 11.4 Å². The maximum atomic E-state index is 12.3. The van der Waals surface area contributed by atoms with E-state index in [0.29, 0.717) is 34.6 Å². The molecule has 0 spiro atoms. The summed E-state index contributed by atoms with van der Waals surface area (Å²) in [5, 5.41) is 12.6. The zero-order valence-corrected chi connectivity index (χ0v) is 18.1. The monoisotopic (exact) mass is 428 g/mol. The number of hydrogen-bond acceptors (Lipinski definition) is 7. The lowest BCUT2D eigenvalue weighted by Gasteiger charge is -2.13. The van der Waals surface area contributed by atoms with Gasteiger partial charge in [-0.25, -0.2) is 4.79 Å². The van der Waals surface area contributed by atoms with Gasteiger partial charge in [-0.05, 0) is 48.9 Å². The molecule has 7 nitrogen and oxygen atoms in total. The molecule has 1 aliphatic carbocycles. The molecule has 1 heterocycles. The van der Waals surface area contributed by atoms with Gasteiger partial charge in [-0.3, -0.25) is 4.79 Å². The molecule has 0 aliphatic heterocycles. The summed E-state index contributed by atoms with van der Waals surface area (Å²) in [7, 11) is 1.49. The number of carbonyl (C=O) groups is 2. The van der Waals surface area contributed by atoms with E-state index in [0.717, 1.165) is 29.7 Å². The van der Waals surface area contributed by atoms with Crippen molar-refractivity contribution in [1.29, 1.82) is 5.26 Å². The molecule has 0 bridgehead atoms. The van der Waals surface area contributed by atoms with E-state index in [1.807, 2.05) is 13.8 Å². The van der Waals surface area contributed by atoms with Crippen molar-refractivity contribution in [2.75, 3.05) is 25.6 Å². The van der Waals surface area contributed by atoms with Gasteiger partial charge in [-0.2, -0.15) is 5.26 Å². The van der Waals surface area contributed by atoms with Crippen molar-refractivity contribution in [1.82, 2.24) is 0 Å². The summed E-state index contributed by atoms with van der Waals surface area (Å²) in [5.74, 6) is 0.178. The molecule has 1 amide bonds. The van der Waals surface area contributed by atoms with Gasteiger partial charge < -0.3 is 19.5 Å². The van der Waals surface area contributed by atoms with Crippen molar-refractivity contribution in [2.24, 2.45) is 5.92 Å². The van der Waals surface area contributed by atoms with Crippen LogP contribution in [0.5, 0.6) is 11.5 Å². The van der Waals surface area contributed by atoms with E-state index < -0.39 is 18.5 Å². The molecule has 1 N–H and O–H groups in total. The van der Waals surface area contributed by atoms with Gasteiger partial charge in [0, 0.05) is 4.88 Å². The first-order valence-electron chi connectivity index (χ1n) is 9.75. The molecule has 3 rings (SSSR count). The third-order valence-electron chi connectivity index (χ3n) is 4.59. The Morgan fingerprint density at radius 2 is 2.07 bits per heavy atom. The van der Waals surface area contributed by atoms with Gasteiger partial charge in [-0.1, -0.05) is 13.8 Å². The molecule has 0 atom stereocenters. The molecule has 0 saturated carbocycles. The number of thiophene rings is 1. The van der Waals surface area contributed by atoms with E-state index in [1.54, 1.807) is 12.1 Å². The van der Waals surface area contributed by atoms with Crippen LogP contribution in [-0.4, -0.2) is 32.2 Å². The lowest BCUT2D eigenvalue weighted by molar-refractivity contribution is -0.119. The topological polar surface area (TPSA) is 97.6 Å². The number of aryl methyl sites for hydroxylation is 1. The van der Waals surface area contributed by atoms with Crippen LogP contribution in [0, 0.1) is 17.2 Å². The van der Waals surface area contributed by atoms with Gasteiger partial charge in [0.05, 0.1) is 24.8 Å². The number of hydrogen-bond donors (Lipinski definition) is 1. The van der Waals surface area contributed by atoms with Crippen molar-refractivity contribution in [3.05, 3.63) is 39.8 Å². The number of benzene rings is 1. The van der Waals surface area contributed by atoms with Crippen molar-refractivity contribution >= 4 is 28.2 Å². The van der Waals surface area contributed by atoms with E-state index in [1.165, 1.54) is 24.5 Å². The first-order valence-corrected chi connectivity index (χ1v) is 10.6. The first kappa shape index (κ1) is 21.7. The fraction of sp³-hybridized carbons (Fsp3) is 0.409. The Morgan fingerprint density at radius 3 is 2.77 bits per heavy atom. The second kappa shape index (κ2) is 9.63. The first-order chi connectivity index (χ1) is 14.4. The van der Waals surface area contributed by atoms with Crippen LogP contribution in [-0.2, 0) is 22.4 Å². The van der Waals surface area contributed by atoms with Gasteiger partial charge in [-0.15, -0.1) is 11.3 Å². The highest BCUT2D eigenvalue weighted by atomic mass is 32.1. The SMILES string of the molecule is COc1cc(C(=O)OCC(=O)Nc2sc3c(c2C#N)CCC3)ccc1OCC(C)C. The number of rotatable bonds is 8. The Labute approximate surface area is 179 Å². The van der Waals surface area contributed by atoms with Crippen molar-refractivity contribution in [3.8, 4) is 17.6 Å². The molecule has 0 radical (unpaired) electrons. The average Bonchev–Trinajstić information content (AvgIpc) is 3.30. The summed E-state index contributed by atoms with van der Waals surface area (Å²) in [6.45, 7) is 4.15. The largest absolute Gasteiger partial charge is 0.493 e. The summed E-state index contributed by atoms with van der Waals surface area (Å²) in [6, 6.07) is 6.90. The Morgan fingerprint density at radius 1 is 1.27 bits per heavy atom. The molecule has 30 heavy (non-hydrogen) atoms. The molecular formula is C22H24N2O5S. The molecule has 1 aromatic carbocycles. The van der Waals surface area contributed by atoms with Crippen LogP contribution in [0.1, 0.15) is 46.6 Å². The number of nitriles is 1. The number of fused-ring (bicyclic) bond motifs is 1. The molecule has 158 valence electrons. The Kier molecular flexibility index (Phi) is 6.95. The van der Waals surface area contributed by atoms with E-state index in [4.69, 9.17) is 14.2 Å². The average molecular weight is 429 g/mol. The summed E-state index contributed by atoms with van der Waals surface area (Å²) < 4.78 is 16.1. The van der Waals surface area contributed by atoms with Crippen molar-refractivity contribution in [3.63, 3.8) is 0 Å². The van der Waals surface area contributed by atoms with Gasteiger partial charge >= 0.3 is 5.97 Å². The van der Waals surface area contributed by atoms with Crippen LogP contribution in [0.25, 0.3) is 0 Å². The number of nitrogens with zero attached hydrogens (tertiary/aromatic N) is 1. The molecule has 1 aliphatic rings. The highest BCUT2D eigenvalue weighted by Gasteiger charge is 2.23. The fourth-order valence-electron chi connectivity index (χ4n) is 3.16. The smallest absolute Gasteiger partial charge is 0.338 e. The van der Waals surface area contributed by atoms with Crippen molar-refractivity contribution < 1.29 is 23.8 Å². The molecule has 0 fully saturated rings. The number of ether oxygens (including phenoxy) is 3. The van der Waals surface area contributed by atoms with Gasteiger partial charge in [0.25, 0.3) is 5.91 Å². The van der Waals surface area contributed by atoms with E-state index in [9.17, 15) is 14.9 Å². The van der Waals surface area contributed by atoms with E-state index >= 15 is 0 Å². The third kappa shape index (κ3) is 4.92. The maximum absolute atomic E-state index is 12.3. The number of anilines is 1. The number of nitrogens with one attached hydrogen (secondary N) is 1. The Hall–Kier alpha value is -3.05. The van der Waals surface area contributed by atoms with Crippen LogP contribution in [0.4, 0.5) is 5.00 Å². The minimum absolute atomic E-state index is 0.254. The molecule has 0 unspecified atom stereocenters. The number of esters is 1. The second-order valence-electron chi connectivity index (χ2n) is 7.37. The van der Waals surface area contributed by atoms with Crippen LogP contribution in [0.2, 0.25) is 0 Å². The fourth-order valence-corrected chi connectivity index (χ4v) is 4.41.